The van der Waals surface area contributed by atoms with Crippen LogP contribution in [0.5, 0.6) is 5.75 Å². The highest BCUT2D eigenvalue weighted by atomic mass is 79.9. The molecule has 1 amide bonds. The van der Waals surface area contributed by atoms with E-state index in [2.05, 4.69) is 21.2 Å². The van der Waals surface area contributed by atoms with E-state index >= 15 is 0 Å². The monoisotopic (exact) mass is 335 g/mol. The molecule has 1 N–H and O–H groups in total. The summed E-state index contributed by atoms with van der Waals surface area (Å²) in [4.78, 5) is 11.2. The molecule has 1 heterocycles. The maximum Gasteiger partial charge on any atom is 0.262 e. The number of hydrogen-bond donors (Lipinski definition) is 1. The van der Waals surface area contributed by atoms with Crippen LogP contribution in [0.1, 0.15) is 16.0 Å². The van der Waals surface area contributed by atoms with E-state index in [4.69, 9.17) is 4.74 Å². The largest absolute Gasteiger partial charge is 0.482 e. The number of ether oxygens (including phenoxy) is 1. The summed E-state index contributed by atoms with van der Waals surface area (Å²) in [5, 5.41) is 2.76. The van der Waals surface area contributed by atoms with Crippen LogP contribution < -0.4 is 10.1 Å². The Balaban J connectivity index is 1.94. The molecule has 2 aromatic carbocycles. The van der Waals surface area contributed by atoms with Crippen molar-refractivity contribution >= 4 is 27.5 Å². The number of alkyl halides is 1. The van der Waals surface area contributed by atoms with Gasteiger partial charge < -0.3 is 10.1 Å². The molecule has 102 valence electrons. The summed E-state index contributed by atoms with van der Waals surface area (Å²) >= 11 is 3.55. The first kappa shape index (κ1) is 13.1. The first-order valence-corrected chi connectivity index (χ1v) is 7.01. The average Bonchev–Trinajstić information content (AvgIpc) is 2.45. The predicted molar refractivity (Wildman–Crippen MR) is 77.7 cm³/mol. The molecule has 0 fully saturated rings. The molecule has 1 aliphatic rings. The van der Waals surface area contributed by atoms with Gasteiger partial charge in [-0.15, -0.1) is 0 Å². The van der Waals surface area contributed by atoms with E-state index in [1.54, 1.807) is 12.1 Å². The zero-order valence-corrected chi connectivity index (χ0v) is 12.0. The second-order valence-electron chi connectivity index (χ2n) is 4.51. The van der Waals surface area contributed by atoms with Crippen LogP contribution in [0.15, 0.2) is 42.5 Å². The lowest BCUT2D eigenvalue weighted by Gasteiger charge is -2.20. The fourth-order valence-corrected chi connectivity index (χ4v) is 2.68. The molecule has 3 nitrogen and oxygen atoms in total. The number of carbonyl (C=O) groups excluding carboxylic acids is 1. The summed E-state index contributed by atoms with van der Waals surface area (Å²) in [5.74, 6) is 0.195. The van der Waals surface area contributed by atoms with E-state index < -0.39 is 0 Å². The van der Waals surface area contributed by atoms with Crippen molar-refractivity contribution in [2.45, 2.75) is 4.83 Å². The zero-order chi connectivity index (χ0) is 14.1. The summed E-state index contributed by atoms with van der Waals surface area (Å²) in [6.45, 7) is 0.0357. The van der Waals surface area contributed by atoms with Crippen LogP contribution in [0.2, 0.25) is 0 Å². The lowest BCUT2D eigenvalue weighted by Crippen LogP contribution is -2.25. The van der Waals surface area contributed by atoms with E-state index in [1.807, 2.05) is 18.2 Å². The topological polar surface area (TPSA) is 38.3 Å². The van der Waals surface area contributed by atoms with Gasteiger partial charge in [0.1, 0.15) is 11.6 Å². The Labute approximate surface area is 123 Å². The normalized spacial score (nSPS) is 15.0. The van der Waals surface area contributed by atoms with Crippen LogP contribution in [0.3, 0.4) is 0 Å². The Morgan fingerprint density at radius 3 is 2.80 bits per heavy atom. The van der Waals surface area contributed by atoms with E-state index in [1.165, 1.54) is 12.1 Å². The molecule has 1 atom stereocenters. The van der Waals surface area contributed by atoms with Crippen LogP contribution in [-0.4, -0.2) is 12.5 Å². The minimum atomic E-state index is -0.276. The molecule has 0 saturated carbocycles. The van der Waals surface area contributed by atoms with Gasteiger partial charge in [0.25, 0.3) is 5.91 Å². The summed E-state index contributed by atoms with van der Waals surface area (Å²) in [6, 6.07) is 11.9. The van der Waals surface area contributed by atoms with Gasteiger partial charge in [0.15, 0.2) is 6.61 Å². The van der Waals surface area contributed by atoms with Gasteiger partial charge in [-0.2, -0.15) is 0 Å². The van der Waals surface area contributed by atoms with Gasteiger partial charge in [0.2, 0.25) is 0 Å². The quantitative estimate of drug-likeness (QED) is 0.851. The molecule has 2 aromatic rings. The maximum atomic E-state index is 13.3. The molecule has 5 heteroatoms. The molecule has 0 saturated heterocycles. The van der Waals surface area contributed by atoms with Gasteiger partial charge in [-0.3, -0.25) is 4.79 Å². The highest BCUT2D eigenvalue weighted by molar-refractivity contribution is 9.09. The Bertz CT molecular complexity index is 675. The van der Waals surface area contributed by atoms with Crippen molar-refractivity contribution < 1.29 is 13.9 Å². The summed E-state index contributed by atoms with van der Waals surface area (Å²) in [7, 11) is 0. The number of carbonyl (C=O) groups is 1. The number of rotatable bonds is 2. The van der Waals surface area contributed by atoms with Gasteiger partial charge in [-0.05, 0) is 35.4 Å². The van der Waals surface area contributed by atoms with Crippen molar-refractivity contribution in [2.24, 2.45) is 0 Å². The molecule has 1 aliphatic heterocycles. The maximum absolute atomic E-state index is 13.3. The number of hydrogen-bond acceptors (Lipinski definition) is 2. The summed E-state index contributed by atoms with van der Waals surface area (Å²) in [5.41, 5.74) is 2.37. The van der Waals surface area contributed by atoms with Crippen molar-refractivity contribution in [3.8, 4) is 5.75 Å². The minimum Gasteiger partial charge on any atom is -0.482 e. The molecule has 0 radical (unpaired) electrons. The zero-order valence-electron chi connectivity index (χ0n) is 10.4. The van der Waals surface area contributed by atoms with Crippen molar-refractivity contribution in [2.75, 3.05) is 11.9 Å². The third kappa shape index (κ3) is 2.54. The molecule has 0 aliphatic carbocycles. The average molecular weight is 336 g/mol. The van der Waals surface area contributed by atoms with Crippen molar-refractivity contribution in [3.63, 3.8) is 0 Å². The predicted octanol–water partition coefficient (Wildman–Crippen LogP) is 3.64. The molecule has 20 heavy (non-hydrogen) atoms. The first-order valence-electron chi connectivity index (χ1n) is 6.09. The van der Waals surface area contributed by atoms with Crippen LogP contribution >= 0.6 is 15.9 Å². The van der Waals surface area contributed by atoms with E-state index in [9.17, 15) is 9.18 Å². The molecule has 3 rings (SSSR count). The minimum absolute atomic E-state index is 0.0357. The molecule has 0 aromatic heterocycles. The van der Waals surface area contributed by atoms with E-state index in [-0.39, 0.29) is 23.2 Å². The number of fused-ring (bicyclic) bond motifs is 1. The van der Waals surface area contributed by atoms with Crippen LogP contribution in [0.4, 0.5) is 10.1 Å². The molecular weight excluding hydrogens is 325 g/mol. The second-order valence-corrected chi connectivity index (χ2v) is 5.43. The molecular formula is C15H11BrFNO2. The molecule has 1 unspecified atom stereocenters. The van der Waals surface area contributed by atoms with E-state index in [0.717, 1.165) is 11.1 Å². The number of benzene rings is 2. The fourth-order valence-electron chi connectivity index (χ4n) is 2.12. The standard InChI is InChI=1S/C15H11BrFNO2/c16-15(9-2-1-3-11(17)6-9)10-4-5-13-12(7-10)18-14(19)8-20-13/h1-7,15H,8H2,(H,18,19). The van der Waals surface area contributed by atoms with Gasteiger partial charge in [-0.1, -0.05) is 34.1 Å². The highest BCUT2D eigenvalue weighted by Crippen LogP contribution is 2.36. The van der Waals surface area contributed by atoms with Crippen LogP contribution in [0, 0.1) is 5.82 Å². The fraction of sp³-hybridized carbons (Fsp3) is 0.133. The van der Waals surface area contributed by atoms with Gasteiger partial charge in [-0.25, -0.2) is 4.39 Å². The Hall–Kier alpha value is -1.88. The lowest BCUT2D eigenvalue weighted by molar-refractivity contribution is -0.118. The SMILES string of the molecule is O=C1COc2ccc(C(Br)c3cccc(F)c3)cc2N1. The number of nitrogens with one attached hydrogen (secondary N) is 1. The summed E-state index contributed by atoms with van der Waals surface area (Å²) < 4.78 is 18.6. The first-order chi connectivity index (χ1) is 9.63. The lowest BCUT2D eigenvalue weighted by atomic mass is 10.0. The molecule has 0 spiro atoms. The number of amides is 1. The second kappa shape index (κ2) is 5.25. The Morgan fingerprint density at radius 1 is 1.20 bits per heavy atom. The van der Waals surface area contributed by atoms with Gasteiger partial charge >= 0.3 is 0 Å². The molecule has 0 bridgehead atoms. The third-order valence-corrected chi connectivity index (χ3v) is 4.13. The van der Waals surface area contributed by atoms with E-state index in [0.29, 0.717) is 11.4 Å². The Kier molecular flexibility index (Phi) is 3.44. The van der Waals surface area contributed by atoms with Gasteiger partial charge in [0.05, 0.1) is 10.5 Å². The van der Waals surface area contributed by atoms with Crippen LogP contribution in [0.25, 0.3) is 0 Å². The van der Waals surface area contributed by atoms with Crippen molar-refractivity contribution in [1.29, 1.82) is 0 Å². The highest BCUT2D eigenvalue weighted by Gasteiger charge is 2.18. The van der Waals surface area contributed by atoms with Crippen molar-refractivity contribution in [1.82, 2.24) is 0 Å². The number of halogens is 2. The van der Waals surface area contributed by atoms with Crippen molar-refractivity contribution in [3.05, 3.63) is 59.4 Å². The van der Waals surface area contributed by atoms with Gasteiger partial charge in [0, 0.05) is 0 Å². The summed E-state index contributed by atoms with van der Waals surface area (Å²) in [6.07, 6.45) is 0. The number of anilines is 1. The van der Waals surface area contributed by atoms with Crippen LogP contribution in [-0.2, 0) is 4.79 Å². The smallest absolute Gasteiger partial charge is 0.262 e. The Morgan fingerprint density at radius 2 is 2.00 bits per heavy atom. The third-order valence-electron chi connectivity index (χ3n) is 3.07.